The number of Topliss-reactive ketones (excluding diaryl/α,β-unsaturated/α-hetero) is 1. The van der Waals surface area contributed by atoms with E-state index in [-0.39, 0.29) is 9.88 Å². The molecule has 0 amide bonds. The van der Waals surface area contributed by atoms with Crippen LogP contribution in [0.15, 0.2) is 24.3 Å². The molecule has 0 saturated carbocycles. The van der Waals surface area contributed by atoms with Crippen LogP contribution in [-0.4, -0.2) is 24.7 Å². The third kappa shape index (κ3) is 3.82. The van der Waals surface area contributed by atoms with Gasteiger partial charge in [0.15, 0.2) is 5.78 Å². The van der Waals surface area contributed by atoms with Crippen molar-refractivity contribution >= 4 is 38.8 Å². The number of rotatable bonds is 4. The van der Waals surface area contributed by atoms with Gasteiger partial charge in [0.2, 0.25) is 0 Å². The fourth-order valence-corrected chi connectivity index (χ4v) is 2.95. The smallest absolute Gasteiger partial charge is 0.353 e. The van der Waals surface area contributed by atoms with Crippen molar-refractivity contribution in [2.45, 2.75) is 12.4 Å². The Balaban J connectivity index is 2.48. The molecular formula is C12H7ClF3NO4S2. The molecule has 1 aromatic carbocycles. The average molecular weight is 386 g/mol. The summed E-state index contributed by atoms with van der Waals surface area (Å²) in [6.07, 6.45) is 0. The Morgan fingerprint density at radius 3 is 2.30 bits per heavy atom. The Morgan fingerprint density at radius 2 is 1.83 bits per heavy atom. The largest absolute Gasteiger partial charge is 0.534 e. The van der Waals surface area contributed by atoms with Gasteiger partial charge in [-0.05, 0) is 12.1 Å². The maximum Gasteiger partial charge on any atom is 0.534 e. The van der Waals surface area contributed by atoms with Gasteiger partial charge in [-0.15, -0.1) is 11.3 Å². The molecule has 0 saturated heterocycles. The highest BCUT2D eigenvalue weighted by Gasteiger charge is 2.49. The number of thiazole rings is 1. The van der Waals surface area contributed by atoms with Crippen LogP contribution in [0.4, 0.5) is 13.2 Å². The molecule has 124 valence electrons. The Kier molecular flexibility index (Phi) is 4.69. The maximum atomic E-state index is 12.4. The summed E-state index contributed by atoms with van der Waals surface area (Å²) >= 11 is 6.44. The molecule has 0 N–H and O–H groups in total. The van der Waals surface area contributed by atoms with Crippen LogP contribution in [0.3, 0.4) is 0 Å². The van der Waals surface area contributed by atoms with Crippen molar-refractivity contribution in [2.24, 2.45) is 0 Å². The van der Waals surface area contributed by atoms with Gasteiger partial charge in [-0.25, -0.2) is 0 Å². The Hall–Kier alpha value is -1.65. The van der Waals surface area contributed by atoms with Gasteiger partial charge in [-0.2, -0.15) is 26.6 Å². The molecule has 0 radical (unpaired) electrons. The minimum atomic E-state index is -5.91. The highest BCUT2D eigenvalue weighted by Crippen LogP contribution is 2.36. The monoisotopic (exact) mass is 385 g/mol. The van der Waals surface area contributed by atoms with Crippen molar-refractivity contribution in [1.29, 1.82) is 0 Å². The molecule has 2 rings (SSSR count). The van der Waals surface area contributed by atoms with Crippen LogP contribution >= 0.6 is 22.9 Å². The first-order valence-electron chi connectivity index (χ1n) is 5.80. The van der Waals surface area contributed by atoms with Crippen molar-refractivity contribution in [3.63, 3.8) is 0 Å². The van der Waals surface area contributed by atoms with Gasteiger partial charge in [-0.1, -0.05) is 23.7 Å². The van der Waals surface area contributed by atoms with E-state index in [2.05, 4.69) is 9.17 Å². The second kappa shape index (κ2) is 6.10. The van der Waals surface area contributed by atoms with E-state index in [9.17, 15) is 26.4 Å². The third-order valence-electron chi connectivity index (χ3n) is 2.48. The molecule has 5 nitrogen and oxygen atoms in total. The number of halogens is 4. The van der Waals surface area contributed by atoms with E-state index in [4.69, 9.17) is 11.6 Å². The highest BCUT2D eigenvalue weighted by atomic mass is 35.5. The number of carbonyl (C=O) groups is 1. The molecule has 0 unspecified atom stereocenters. The van der Waals surface area contributed by atoms with Gasteiger partial charge in [0.25, 0.3) is 5.88 Å². The minimum Gasteiger partial charge on any atom is -0.353 e. The molecule has 0 aliphatic carbocycles. The summed E-state index contributed by atoms with van der Waals surface area (Å²) in [7, 11) is -5.91. The normalized spacial score (nSPS) is 12.2. The Morgan fingerprint density at radius 1 is 1.26 bits per heavy atom. The molecule has 0 fully saturated rings. The number of nitrogens with zero attached hydrogens (tertiary/aromatic N) is 1. The van der Waals surface area contributed by atoms with Crippen LogP contribution in [0.25, 0.3) is 10.6 Å². The molecule has 1 heterocycles. The SMILES string of the molecule is CC(=O)c1sc(-c2ccc(Cl)cc2)nc1OS(=O)(=O)C(F)(F)F. The number of hydrogen-bond donors (Lipinski definition) is 0. The van der Waals surface area contributed by atoms with Crippen molar-refractivity contribution in [3.05, 3.63) is 34.2 Å². The van der Waals surface area contributed by atoms with Crippen molar-refractivity contribution < 1.29 is 30.6 Å². The number of hydrogen-bond acceptors (Lipinski definition) is 6. The lowest BCUT2D eigenvalue weighted by Gasteiger charge is -2.07. The molecule has 2 aromatic rings. The van der Waals surface area contributed by atoms with Gasteiger partial charge in [0, 0.05) is 17.5 Å². The summed E-state index contributed by atoms with van der Waals surface area (Å²) in [5.41, 5.74) is -5.17. The molecule has 23 heavy (non-hydrogen) atoms. The second-order valence-electron chi connectivity index (χ2n) is 4.20. The van der Waals surface area contributed by atoms with Gasteiger partial charge < -0.3 is 4.18 Å². The summed E-state index contributed by atoms with van der Waals surface area (Å²) in [5, 5.41) is 0.549. The summed E-state index contributed by atoms with van der Waals surface area (Å²) in [4.78, 5) is 14.8. The summed E-state index contributed by atoms with van der Waals surface area (Å²) in [6, 6.07) is 6.07. The van der Waals surface area contributed by atoms with Crippen LogP contribution in [0.5, 0.6) is 5.88 Å². The first kappa shape index (κ1) is 17.7. The van der Waals surface area contributed by atoms with Gasteiger partial charge in [0.05, 0.1) is 0 Å². The zero-order chi connectivity index (χ0) is 17.4. The molecular weight excluding hydrogens is 379 g/mol. The molecule has 1 aromatic heterocycles. The number of benzene rings is 1. The van der Waals surface area contributed by atoms with Gasteiger partial charge in [-0.3, -0.25) is 4.79 Å². The van der Waals surface area contributed by atoms with Crippen LogP contribution < -0.4 is 4.18 Å². The molecule has 0 aliphatic rings. The fourth-order valence-electron chi connectivity index (χ4n) is 1.45. The van der Waals surface area contributed by atoms with E-state index in [1.54, 1.807) is 0 Å². The summed E-state index contributed by atoms with van der Waals surface area (Å²) in [6.45, 7) is 1.06. The average Bonchev–Trinajstić information content (AvgIpc) is 2.81. The summed E-state index contributed by atoms with van der Waals surface area (Å²) in [5.74, 6) is -1.57. The lowest BCUT2D eigenvalue weighted by Crippen LogP contribution is -2.28. The second-order valence-corrected chi connectivity index (χ2v) is 7.17. The van der Waals surface area contributed by atoms with Gasteiger partial charge >= 0.3 is 15.6 Å². The number of aromatic nitrogens is 1. The molecule has 0 atom stereocenters. The zero-order valence-corrected chi connectivity index (χ0v) is 13.6. The van der Waals surface area contributed by atoms with E-state index >= 15 is 0 Å². The van der Waals surface area contributed by atoms with E-state index in [0.29, 0.717) is 10.6 Å². The highest BCUT2D eigenvalue weighted by molar-refractivity contribution is 7.88. The lowest BCUT2D eigenvalue weighted by atomic mass is 10.2. The Bertz CT molecular complexity index is 844. The number of carbonyl (C=O) groups excluding carboxylic acids is 1. The topological polar surface area (TPSA) is 73.3 Å². The van der Waals surface area contributed by atoms with Crippen LogP contribution in [0.2, 0.25) is 5.02 Å². The zero-order valence-electron chi connectivity index (χ0n) is 11.2. The first-order chi connectivity index (χ1) is 10.5. The maximum absolute atomic E-state index is 12.4. The van der Waals surface area contributed by atoms with Crippen molar-refractivity contribution in [1.82, 2.24) is 4.98 Å². The first-order valence-corrected chi connectivity index (χ1v) is 8.40. The standard InChI is InChI=1S/C12H7ClF3NO4S2/c1-6(18)9-10(21-23(19,20)12(14,15)16)17-11(22-9)7-2-4-8(13)5-3-7/h2-5H,1H3. The molecule has 0 spiro atoms. The minimum absolute atomic E-state index is 0.124. The van der Waals surface area contributed by atoms with E-state index in [1.165, 1.54) is 24.3 Å². The quantitative estimate of drug-likeness (QED) is 0.453. The lowest BCUT2D eigenvalue weighted by molar-refractivity contribution is -0.0501. The summed E-state index contributed by atoms with van der Waals surface area (Å²) < 4.78 is 63.3. The van der Waals surface area contributed by atoms with Crippen LogP contribution in [-0.2, 0) is 10.1 Å². The van der Waals surface area contributed by atoms with Crippen LogP contribution in [0, 0.1) is 0 Å². The molecule has 0 bridgehead atoms. The van der Waals surface area contributed by atoms with Crippen molar-refractivity contribution in [3.8, 4) is 16.5 Å². The predicted octanol–water partition coefficient (Wildman–Crippen LogP) is 3.89. The number of alkyl halides is 3. The van der Waals surface area contributed by atoms with E-state index < -0.39 is 27.3 Å². The van der Waals surface area contributed by atoms with Gasteiger partial charge in [0.1, 0.15) is 9.88 Å². The fraction of sp³-hybridized carbons (Fsp3) is 0.167. The molecule has 11 heteroatoms. The Labute approximate surface area is 137 Å². The van der Waals surface area contributed by atoms with E-state index in [1.807, 2.05) is 0 Å². The number of ketones is 1. The molecule has 0 aliphatic heterocycles. The van der Waals surface area contributed by atoms with E-state index in [0.717, 1.165) is 18.3 Å². The third-order valence-corrected chi connectivity index (χ3v) is 4.86. The van der Waals surface area contributed by atoms with Crippen LogP contribution in [0.1, 0.15) is 16.6 Å². The predicted molar refractivity (Wildman–Crippen MR) is 78.2 cm³/mol. The van der Waals surface area contributed by atoms with Crippen molar-refractivity contribution in [2.75, 3.05) is 0 Å².